The Morgan fingerprint density at radius 1 is 1.73 bits per heavy atom. The third kappa shape index (κ3) is 1.58. The monoisotopic (exact) mass is 152 g/mol. The lowest BCUT2D eigenvalue weighted by Gasteiger charge is -2.01. The lowest BCUT2D eigenvalue weighted by Crippen LogP contribution is -2.13. The topological polar surface area (TPSA) is 83.2 Å². The lowest BCUT2D eigenvalue weighted by molar-refractivity contribution is 0.251. The van der Waals surface area contributed by atoms with Crippen LogP contribution in [0.25, 0.3) is 0 Å². The summed E-state index contributed by atoms with van der Waals surface area (Å²) in [6, 6.07) is 4.39. The van der Waals surface area contributed by atoms with E-state index >= 15 is 0 Å². The summed E-state index contributed by atoms with van der Waals surface area (Å²) in [5, 5.41) is 17.0. The molecule has 0 aliphatic rings. The molecule has 0 saturated heterocycles. The van der Waals surface area contributed by atoms with E-state index in [-0.39, 0.29) is 12.4 Å². The maximum absolute atomic E-state index is 8.60. The van der Waals surface area contributed by atoms with Crippen LogP contribution in [0.5, 0.6) is 0 Å². The molecule has 4 heteroatoms. The van der Waals surface area contributed by atoms with Crippen LogP contribution in [0.15, 0.2) is 16.5 Å². The summed E-state index contributed by atoms with van der Waals surface area (Å²) in [4.78, 5) is 0. The second-order valence-corrected chi connectivity index (χ2v) is 2.10. The number of furan rings is 1. The molecule has 1 atom stereocenters. The van der Waals surface area contributed by atoms with Crippen molar-refractivity contribution in [2.75, 3.05) is 6.61 Å². The van der Waals surface area contributed by atoms with E-state index in [4.69, 9.17) is 20.5 Å². The highest BCUT2D eigenvalue weighted by Crippen LogP contribution is 2.12. The Labute approximate surface area is 63.8 Å². The molecular weight excluding hydrogens is 144 g/mol. The number of hydrogen-bond donors (Lipinski definition) is 2. The van der Waals surface area contributed by atoms with Gasteiger partial charge in [0.1, 0.15) is 11.8 Å². The van der Waals surface area contributed by atoms with Gasteiger partial charge < -0.3 is 15.3 Å². The lowest BCUT2D eigenvalue weighted by atomic mass is 10.2. The third-order valence-corrected chi connectivity index (χ3v) is 1.30. The van der Waals surface area contributed by atoms with Gasteiger partial charge in [0.2, 0.25) is 5.76 Å². The summed E-state index contributed by atoms with van der Waals surface area (Å²) in [6.45, 7) is -0.182. The standard InChI is InChI=1S/C7H8N2O2/c8-3-5-1-2-7(11-5)6(9)4-10/h1-2,6,10H,4,9H2/t6-/m0/s1. The van der Waals surface area contributed by atoms with Crippen LogP contribution in [-0.4, -0.2) is 11.7 Å². The Morgan fingerprint density at radius 3 is 2.91 bits per heavy atom. The van der Waals surface area contributed by atoms with Crippen molar-refractivity contribution in [2.24, 2.45) is 5.73 Å². The Kier molecular flexibility index (Phi) is 2.26. The molecule has 3 N–H and O–H groups in total. The highest BCUT2D eigenvalue weighted by molar-refractivity contribution is 5.20. The van der Waals surface area contributed by atoms with Crippen molar-refractivity contribution in [2.45, 2.75) is 6.04 Å². The predicted molar refractivity (Wildman–Crippen MR) is 37.4 cm³/mol. The summed E-state index contributed by atoms with van der Waals surface area (Å²) in [5.74, 6) is 0.646. The fraction of sp³-hybridized carbons (Fsp3) is 0.286. The van der Waals surface area contributed by atoms with Crippen molar-refractivity contribution in [3.05, 3.63) is 23.7 Å². The molecule has 1 rings (SSSR count). The Bertz CT molecular complexity index is 274. The average Bonchev–Trinajstić information content (AvgIpc) is 2.50. The quantitative estimate of drug-likeness (QED) is 0.631. The minimum Gasteiger partial charge on any atom is -0.449 e. The summed E-state index contributed by atoms with van der Waals surface area (Å²) >= 11 is 0. The van der Waals surface area contributed by atoms with E-state index in [1.54, 1.807) is 6.07 Å². The molecule has 0 spiro atoms. The zero-order valence-electron chi connectivity index (χ0n) is 5.82. The minimum atomic E-state index is -0.530. The summed E-state index contributed by atoms with van der Waals surface area (Å²) in [6.07, 6.45) is 0. The van der Waals surface area contributed by atoms with E-state index in [0.29, 0.717) is 5.76 Å². The summed E-state index contributed by atoms with van der Waals surface area (Å²) in [5.41, 5.74) is 5.41. The molecule has 0 aliphatic heterocycles. The van der Waals surface area contributed by atoms with E-state index < -0.39 is 6.04 Å². The molecule has 0 amide bonds. The van der Waals surface area contributed by atoms with Crippen molar-refractivity contribution in [3.8, 4) is 6.07 Å². The van der Waals surface area contributed by atoms with Gasteiger partial charge in [-0.25, -0.2) is 0 Å². The fourth-order valence-electron chi connectivity index (χ4n) is 0.702. The maximum atomic E-state index is 8.60. The average molecular weight is 152 g/mol. The van der Waals surface area contributed by atoms with Gasteiger partial charge in [-0.15, -0.1) is 0 Å². The van der Waals surface area contributed by atoms with E-state index in [0.717, 1.165) is 0 Å². The predicted octanol–water partition coefficient (Wildman–Crippen LogP) is 0.143. The molecule has 4 nitrogen and oxygen atoms in total. The Hall–Kier alpha value is -1.31. The van der Waals surface area contributed by atoms with Gasteiger partial charge in [-0.3, -0.25) is 0 Å². The van der Waals surface area contributed by atoms with Gasteiger partial charge >= 0.3 is 0 Å². The first-order valence-electron chi connectivity index (χ1n) is 3.14. The molecule has 11 heavy (non-hydrogen) atoms. The van der Waals surface area contributed by atoms with Gasteiger partial charge in [-0.05, 0) is 12.1 Å². The van der Waals surface area contributed by atoms with Crippen LogP contribution in [0.3, 0.4) is 0 Å². The van der Waals surface area contributed by atoms with Crippen LogP contribution in [-0.2, 0) is 0 Å². The van der Waals surface area contributed by atoms with Gasteiger partial charge in [-0.1, -0.05) is 0 Å². The zero-order valence-corrected chi connectivity index (χ0v) is 5.82. The van der Waals surface area contributed by atoms with Crippen molar-refractivity contribution in [1.82, 2.24) is 0 Å². The molecule has 0 bridgehead atoms. The number of nitrogens with two attached hydrogens (primary N) is 1. The van der Waals surface area contributed by atoms with Crippen molar-refractivity contribution >= 4 is 0 Å². The molecule has 0 aromatic carbocycles. The number of rotatable bonds is 2. The molecule has 0 saturated carbocycles. The molecular formula is C7H8N2O2. The number of aliphatic hydroxyl groups is 1. The zero-order chi connectivity index (χ0) is 8.27. The number of nitriles is 1. The molecule has 1 aromatic heterocycles. The first-order chi connectivity index (χ1) is 5.27. The van der Waals surface area contributed by atoms with Gasteiger partial charge in [0, 0.05) is 0 Å². The van der Waals surface area contributed by atoms with E-state index in [1.807, 2.05) is 6.07 Å². The SMILES string of the molecule is N#Cc1ccc([C@@H](N)CO)o1. The number of aliphatic hydroxyl groups excluding tert-OH is 1. The van der Waals surface area contributed by atoms with Crippen LogP contribution in [0.1, 0.15) is 17.6 Å². The van der Waals surface area contributed by atoms with Crippen LogP contribution in [0.4, 0.5) is 0 Å². The van der Waals surface area contributed by atoms with Gasteiger partial charge in [0.05, 0.1) is 12.6 Å². The summed E-state index contributed by atoms with van der Waals surface area (Å²) < 4.78 is 4.94. The maximum Gasteiger partial charge on any atom is 0.203 e. The molecule has 1 aromatic rings. The molecule has 0 fully saturated rings. The van der Waals surface area contributed by atoms with Gasteiger partial charge in [-0.2, -0.15) is 5.26 Å². The Balaban J connectivity index is 2.82. The fourth-order valence-corrected chi connectivity index (χ4v) is 0.702. The van der Waals surface area contributed by atoms with Crippen LogP contribution < -0.4 is 5.73 Å². The Morgan fingerprint density at radius 2 is 2.45 bits per heavy atom. The number of nitrogens with zero attached hydrogens (tertiary/aromatic N) is 1. The van der Waals surface area contributed by atoms with E-state index in [9.17, 15) is 0 Å². The van der Waals surface area contributed by atoms with Crippen molar-refractivity contribution < 1.29 is 9.52 Å². The van der Waals surface area contributed by atoms with Crippen LogP contribution in [0, 0.1) is 11.3 Å². The normalized spacial score (nSPS) is 12.5. The third-order valence-electron chi connectivity index (χ3n) is 1.30. The van der Waals surface area contributed by atoms with Crippen molar-refractivity contribution in [3.63, 3.8) is 0 Å². The molecule has 0 radical (unpaired) electrons. The molecule has 0 aliphatic carbocycles. The van der Waals surface area contributed by atoms with E-state index in [1.165, 1.54) is 6.07 Å². The first kappa shape index (κ1) is 7.79. The number of hydrogen-bond acceptors (Lipinski definition) is 4. The van der Waals surface area contributed by atoms with Crippen molar-refractivity contribution in [1.29, 1.82) is 5.26 Å². The van der Waals surface area contributed by atoms with Crippen LogP contribution >= 0.6 is 0 Å². The second kappa shape index (κ2) is 3.19. The molecule has 1 heterocycles. The smallest absolute Gasteiger partial charge is 0.203 e. The second-order valence-electron chi connectivity index (χ2n) is 2.10. The highest BCUT2D eigenvalue weighted by atomic mass is 16.3. The van der Waals surface area contributed by atoms with Crippen LogP contribution in [0.2, 0.25) is 0 Å². The van der Waals surface area contributed by atoms with E-state index in [2.05, 4.69) is 0 Å². The first-order valence-corrected chi connectivity index (χ1v) is 3.14. The minimum absolute atomic E-state index is 0.182. The van der Waals surface area contributed by atoms with Gasteiger partial charge in [0.25, 0.3) is 0 Å². The molecule has 0 unspecified atom stereocenters. The summed E-state index contributed by atoms with van der Waals surface area (Å²) in [7, 11) is 0. The highest BCUT2D eigenvalue weighted by Gasteiger charge is 2.08. The largest absolute Gasteiger partial charge is 0.449 e. The van der Waals surface area contributed by atoms with Gasteiger partial charge in [0.15, 0.2) is 0 Å². The molecule has 58 valence electrons.